The Labute approximate surface area is 129 Å². The molecule has 0 aromatic heterocycles. The number of nitrogens with one attached hydrogen (secondary N) is 1. The van der Waals surface area contributed by atoms with Gasteiger partial charge in [0.15, 0.2) is 0 Å². The van der Waals surface area contributed by atoms with Crippen LogP contribution in [0.2, 0.25) is 0 Å². The highest BCUT2D eigenvalue weighted by Crippen LogP contribution is 2.21. The van der Waals surface area contributed by atoms with E-state index < -0.39 is 0 Å². The number of hydrogen-bond donors (Lipinski definition) is 1. The van der Waals surface area contributed by atoms with Crippen LogP contribution in [-0.4, -0.2) is 30.1 Å². The molecular weight excluding hydrogens is 280 g/mol. The molecule has 1 unspecified atom stereocenters. The van der Waals surface area contributed by atoms with Gasteiger partial charge in [0, 0.05) is 18.7 Å². The minimum absolute atomic E-state index is 0.0364. The monoisotopic (exact) mass is 300 g/mol. The van der Waals surface area contributed by atoms with Gasteiger partial charge in [-0.05, 0) is 36.5 Å². The molecule has 1 heterocycles. The van der Waals surface area contributed by atoms with E-state index in [-0.39, 0.29) is 12.0 Å². The first-order valence-corrected chi connectivity index (χ1v) is 7.68. The number of amides is 2. The maximum absolute atomic E-state index is 12.0. The van der Waals surface area contributed by atoms with E-state index in [0.29, 0.717) is 32.0 Å². The van der Waals surface area contributed by atoms with Crippen LogP contribution in [0, 0.1) is 5.92 Å². The van der Waals surface area contributed by atoms with Gasteiger partial charge in [-0.25, -0.2) is 4.79 Å². The normalized spacial score (nSPS) is 20.3. The lowest BCUT2D eigenvalue weighted by molar-refractivity contribution is -0.116. The maximum atomic E-state index is 12.0. The Morgan fingerprint density at radius 2 is 2.32 bits per heavy atom. The van der Waals surface area contributed by atoms with E-state index in [9.17, 15) is 9.59 Å². The van der Waals surface area contributed by atoms with Crippen molar-refractivity contribution in [2.75, 3.05) is 18.5 Å². The highest BCUT2D eigenvalue weighted by Gasteiger charge is 2.21. The predicted molar refractivity (Wildman–Crippen MR) is 83.3 cm³/mol. The Morgan fingerprint density at radius 3 is 3.05 bits per heavy atom. The summed E-state index contributed by atoms with van der Waals surface area (Å²) in [5.41, 5.74) is 1.76. The zero-order chi connectivity index (χ0) is 15.4. The van der Waals surface area contributed by atoms with Crippen molar-refractivity contribution in [2.45, 2.75) is 25.8 Å². The van der Waals surface area contributed by atoms with Crippen molar-refractivity contribution in [1.82, 2.24) is 4.90 Å². The van der Waals surface area contributed by atoms with E-state index in [1.54, 1.807) is 4.90 Å². The number of hydrogen-bond acceptors (Lipinski definition) is 3. The van der Waals surface area contributed by atoms with Gasteiger partial charge in [-0.3, -0.25) is 4.79 Å². The molecule has 1 atom stereocenters. The van der Waals surface area contributed by atoms with Crippen LogP contribution in [0.1, 0.15) is 24.8 Å². The van der Waals surface area contributed by atoms with Crippen LogP contribution in [-0.2, 0) is 16.1 Å². The molecule has 1 fully saturated rings. The summed E-state index contributed by atoms with van der Waals surface area (Å²) in [5, 5.41) is 2.94. The molecule has 5 nitrogen and oxygen atoms in total. The lowest BCUT2D eigenvalue weighted by Crippen LogP contribution is -2.23. The minimum atomic E-state index is -0.276. The summed E-state index contributed by atoms with van der Waals surface area (Å²) in [6, 6.07) is 7.62. The summed E-state index contributed by atoms with van der Waals surface area (Å²) in [6.07, 6.45) is 6.63. The van der Waals surface area contributed by atoms with Gasteiger partial charge in [-0.1, -0.05) is 24.3 Å². The van der Waals surface area contributed by atoms with Gasteiger partial charge in [0.2, 0.25) is 5.91 Å². The second-order valence-corrected chi connectivity index (χ2v) is 5.75. The highest BCUT2D eigenvalue weighted by atomic mass is 16.6. The largest absolute Gasteiger partial charge is 0.448 e. The Kier molecular flexibility index (Phi) is 4.42. The molecule has 1 saturated heterocycles. The average Bonchev–Trinajstić information content (AvgIpc) is 3.12. The molecule has 0 spiro atoms. The summed E-state index contributed by atoms with van der Waals surface area (Å²) < 4.78 is 4.92. The Morgan fingerprint density at radius 1 is 1.41 bits per heavy atom. The van der Waals surface area contributed by atoms with Crippen LogP contribution < -0.4 is 5.32 Å². The van der Waals surface area contributed by atoms with Crippen molar-refractivity contribution >= 4 is 17.7 Å². The number of cyclic esters (lactones) is 1. The minimum Gasteiger partial charge on any atom is -0.448 e. The first-order chi connectivity index (χ1) is 10.7. The van der Waals surface area contributed by atoms with Crippen LogP contribution in [0.4, 0.5) is 10.5 Å². The Balaban J connectivity index is 1.57. The smallest absolute Gasteiger partial charge is 0.410 e. The van der Waals surface area contributed by atoms with Crippen molar-refractivity contribution < 1.29 is 14.3 Å². The number of anilines is 1. The van der Waals surface area contributed by atoms with Gasteiger partial charge in [-0.2, -0.15) is 0 Å². The fourth-order valence-corrected chi connectivity index (χ4v) is 2.85. The molecule has 2 amide bonds. The van der Waals surface area contributed by atoms with Crippen LogP contribution in [0.15, 0.2) is 36.4 Å². The third-order valence-electron chi connectivity index (χ3n) is 3.99. The number of ether oxygens (including phenoxy) is 1. The molecule has 2 aliphatic rings. The lowest BCUT2D eigenvalue weighted by atomic mass is 10.0. The molecule has 1 aromatic carbocycles. The molecule has 1 aliphatic heterocycles. The van der Waals surface area contributed by atoms with Gasteiger partial charge < -0.3 is 15.0 Å². The standard InChI is InChI=1S/C17H20N2O3/c20-16(11-13-4-1-2-5-13)18-15-7-3-6-14(10-15)12-19-8-9-22-17(19)21/h1,3-4,6-7,10,13H,2,5,8-9,11-12H2,(H,18,20). The van der Waals surface area contributed by atoms with E-state index in [1.807, 2.05) is 24.3 Å². The van der Waals surface area contributed by atoms with Crippen molar-refractivity contribution in [3.05, 3.63) is 42.0 Å². The van der Waals surface area contributed by atoms with Crippen molar-refractivity contribution in [2.24, 2.45) is 5.92 Å². The van der Waals surface area contributed by atoms with Crippen LogP contribution in [0.5, 0.6) is 0 Å². The van der Waals surface area contributed by atoms with Crippen LogP contribution >= 0.6 is 0 Å². The molecule has 0 saturated carbocycles. The summed E-state index contributed by atoms with van der Waals surface area (Å²) in [5.74, 6) is 0.400. The summed E-state index contributed by atoms with van der Waals surface area (Å²) >= 11 is 0. The molecule has 0 radical (unpaired) electrons. The van der Waals surface area contributed by atoms with Gasteiger partial charge in [0.25, 0.3) is 0 Å². The Bertz CT molecular complexity index is 597. The molecule has 22 heavy (non-hydrogen) atoms. The molecule has 0 bridgehead atoms. The summed E-state index contributed by atoms with van der Waals surface area (Å²) in [6.45, 7) is 1.57. The van der Waals surface area contributed by atoms with E-state index >= 15 is 0 Å². The highest BCUT2D eigenvalue weighted by molar-refractivity contribution is 5.91. The molecule has 5 heteroatoms. The van der Waals surface area contributed by atoms with E-state index in [1.165, 1.54) is 0 Å². The fraction of sp³-hybridized carbons (Fsp3) is 0.412. The molecule has 116 valence electrons. The Hall–Kier alpha value is -2.30. The third-order valence-corrected chi connectivity index (χ3v) is 3.99. The number of carbonyl (C=O) groups is 2. The zero-order valence-electron chi connectivity index (χ0n) is 12.5. The molecule has 3 rings (SSSR count). The molecule has 1 N–H and O–H groups in total. The summed E-state index contributed by atoms with van der Waals surface area (Å²) in [4.78, 5) is 25.2. The van der Waals surface area contributed by atoms with Crippen LogP contribution in [0.3, 0.4) is 0 Å². The fourth-order valence-electron chi connectivity index (χ4n) is 2.85. The van der Waals surface area contributed by atoms with Crippen LogP contribution in [0.25, 0.3) is 0 Å². The lowest BCUT2D eigenvalue weighted by Gasteiger charge is -2.14. The topological polar surface area (TPSA) is 58.6 Å². The third kappa shape index (κ3) is 3.67. The zero-order valence-corrected chi connectivity index (χ0v) is 12.5. The van der Waals surface area contributed by atoms with Gasteiger partial charge in [0.05, 0.1) is 6.54 Å². The van der Waals surface area contributed by atoms with Gasteiger partial charge in [0.1, 0.15) is 6.61 Å². The van der Waals surface area contributed by atoms with E-state index in [0.717, 1.165) is 24.1 Å². The SMILES string of the molecule is O=C(CC1C=CCC1)Nc1cccc(CN2CCOC2=O)c1. The number of carbonyl (C=O) groups excluding carboxylic acids is 2. The van der Waals surface area contributed by atoms with Gasteiger partial charge in [-0.15, -0.1) is 0 Å². The second-order valence-electron chi connectivity index (χ2n) is 5.75. The summed E-state index contributed by atoms with van der Waals surface area (Å²) in [7, 11) is 0. The van der Waals surface area contributed by atoms with Gasteiger partial charge >= 0.3 is 6.09 Å². The molecule has 1 aromatic rings. The number of nitrogens with zero attached hydrogens (tertiary/aromatic N) is 1. The average molecular weight is 300 g/mol. The number of allylic oxidation sites excluding steroid dienone is 2. The van der Waals surface area contributed by atoms with Crippen molar-refractivity contribution in [3.63, 3.8) is 0 Å². The van der Waals surface area contributed by atoms with Crippen molar-refractivity contribution in [3.8, 4) is 0 Å². The van der Waals surface area contributed by atoms with E-state index in [2.05, 4.69) is 17.5 Å². The first kappa shape index (κ1) is 14.6. The quantitative estimate of drug-likeness (QED) is 0.851. The predicted octanol–water partition coefficient (Wildman–Crippen LogP) is 2.93. The molecule has 1 aliphatic carbocycles. The maximum Gasteiger partial charge on any atom is 0.410 e. The number of rotatable bonds is 5. The van der Waals surface area contributed by atoms with E-state index in [4.69, 9.17) is 4.74 Å². The second kappa shape index (κ2) is 6.64. The number of benzene rings is 1. The van der Waals surface area contributed by atoms with Crippen molar-refractivity contribution in [1.29, 1.82) is 0 Å². The first-order valence-electron chi connectivity index (χ1n) is 7.68. The molecular formula is C17H20N2O3.